The normalized spacial score (nSPS) is 33.5. The fourth-order valence-corrected chi connectivity index (χ4v) is 2.67. The van der Waals surface area contributed by atoms with Gasteiger partial charge in [-0.1, -0.05) is 6.08 Å². The van der Waals surface area contributed by atoms with E-state index in [9.17, 15) is 9.59 Å². The molecule has 2 rings (SSSR count). The zero-order chi connectivity index (χ0) is 11.8. The lowest BCUT2D eigenvalue weighted by molar-refractivity contribution is -0.143. The van der Waals surface area contributed by atoms with Crippen molar-refractivity contribution in [3.63, 3.8) is 0 Å². The van der Waals surface area contributed by atoms with Crippen LogP contribution in [-0.2, 0) is 9.59 Å². The van der Waals surface area contributed by atoms with Crippen LogP contribution >= 0.6 is 0 Å². The number of nitrogens with two attached hydrogens (primary N) is 1. The second kappa shape index (κ2) is 3.90. The van der Waals surface area contributed by atoms with Gasteiger partial charge in [-0.05, 0) is 19.3 Å². The van der Waals surface area contributed by atoms with Gasteiger partial charge in [-0.2, -0.15) is 0 Å². The Labute approximate surface area is 94.7 Å². The number of carbonyl (C=O) groups is 2. The molecule has 0 aliphatic carbocycles. The van der Waals surface area contributed by atoms with Gasteiger partial charge >= 0.3 is 0 Å². The summed E-state index contributed by atoms with van der Waals surface area (Å²) in [7, 11) is 0. The molecule has 1 spiro atoms. The first-order valence-electron chi connectivity index (χ1n) is 5.57. The Morgan fingerprint density at radius 2 is 2.50 bits per heavy atom. The maximum absolute atomic E-state index is 11.7. The molecule has 0 saturated carbocycles. The van der Waals surface area contributed by atoms with Crippen LogP contribution < -0.4 is 11.1 Å². The van der Waals surface area contributed by atoms with E-state index in [2.05, 4.69) is 11.9 Å². The van der Waals surface area contributed by atoms with Crippen LogP contribution in [-0.4, -0.2) is 41.4 Å². The number of hydrogen-bond donors (Lipinski definition) is 2. The van der Waals surface area contributed by atoms with E-state index in [1.807, 2.05) is 4.90 Å². The number of rotatable bonds is 4. The van der Waals surface area contributed by atoms with Crippen LogP contribution in [0.1, 0.15) is 19.3 Å². The fraction of sp³-hybridized carbons (Fsp3) is 0.636. The molecule has 5 nitrogen and oxygen atoms in total. The van der Waals surface area contributed by atoms with E-state index < -0.39 is 5.54 Å². The molecule has 5 heteroatoms. The van der Waals surface area contributed by atoms with Crippen molar-refractivity contribution in [3.8, 4) is 0 Å². The van der Waals surface area contributed by atoms with E-state index in [0.717, 1.165) is 12.8 Å². The summed E-state index contributed by atoms with van der Waals surface area (Å²) in [5.74, 6) is -0.305. The molecule has 16 heavy (non-hydrogen) atoms. The molecule has 2 fully saturated rings. The number of likely N-dealkylation sites (tertiary alicyclic amines) is 1. The maximum atomic E-state index is 11.7. The van der Waals surface area contributed by atoms with Gasteiger partial charge in [-0.3, -0.25) is 14.5 Å². The van der Waals surface area contributed by atoms with E-state index in [1.54, 1.807) is 6.08 Å². The Bertz CT molecular complexity index is 342. The van der Waals surface area contributed by atoms with E-state index >= 15 is 0 Å². The monoisotopic (exact) mass is 223 g/mol. The van der Waals surface area contributed by atoms with E-state index in [-0.39, 0.29) is 17.9 Å². The van der Waals surface area contributed by atoms with Crippen molar-refractivity contribution in [3.05, 3.63) is 12.7 Å². The highest BCUT2D eigenvalue weighted by Gasteiger charge is 2.57. The molecule has 0 aromatic carbocycles. The molecule has 2 heterocycles. The fourth-order valence-electron chi connectivity index (χ4n) is 2.67. The Morgan fingerprint density at radius 3 is 2.94 bits per heavy atom. The van der Waals surface area contributed by atoms with Crippen LogP contribution in [0.5, 0.6) is 0 Å². The minimum Gasteiger partial charge on any atom is -0.368 e. The van der Waals surface area contributed by atoms with Gasteiger partial charge < -0.3 is 11.1 Å². The molecule has 2 saturated heterocycles. The molecule has 3 N–H and O–H groups in total. The number of carbonyl (C=O) groups excluding carboxylic acids is 2. The van der Waals surface area contributed by atoms with Crippen LogP contribution in [0.2, 0.25) is 0 Å². The third kappa shape index (κ3) is 1.43. The first-order chi connectivity index (χ1) is 7.62. The van der Waals surface area contributed by atoms with Crippen LogP contribution in [0.25, 0.3) is 0 Å². The SMILES string of the molecule is C=CCCN1C(C(N)=O)CCC12CNC2=O. The second-order valence-corrected chi connectivity index (χ2v) is 4.44. The van der Waals surface area contributed by atoms with Crippen molar-refractivity contribution in [1.82, 2.24) is 10.2 Å². The molecule has 2 aliphatic heterocycles. The highest BCUT2D eigenvalue weighted by atomic mass is 16.2. The zero-order valence-corrected chi connectivity index (χ0v) is 9.24. The summed E-state index contributed by atoms with van der Waals surface area (Å²) in [5, 5.41) is 2.75. The largest absolute Gasteiger partial charge is 0.368 e. The van der Waals surface area contributed by atoms with Gasteiger partial charge in [0.25, 0.3) is 0 Å². The molecular formula is C11H17N3O2. The van der Waals surface area contributed by atoms with Gasteiger partial charge in [0.15, 0.2) is 0 Å². The van der Waals surface area contributed by atoms with Crippen LogP contribution in [0.4, 0.5) is 0 Å². The summed E-state index contributed by atoms with van der Waals surface area (Å²) in [6, 6.07) is -0.300. The molecular weight excluding hydrogens is 206 g/mol. The minimum absolute atomic E-state index is 0.0281. The third-order valence-electron chi connectivity index (χ3n) is 3.62. The molecule has 88 valence electrons. The number of hydrogen-bond acceptors (Lipinski definition) is 3. The van der Waals surface area contributed by atoms with Gasteiger partial charge in [-0.25, -0.2) is 0 Å². The van der Waals surface area contributed by atoms with Crippen LogP contribution in [0.3, 0.4) is 0 Å². The summed E-state index contributed by atoms with van der Waals surface area (Å²) in [6.07, 6.45) is 3.96. The summed E-state index contributed by atoms with van der Waals surface area (Å²) in [5.41, 5.74) is 4.90. The number of nitrogens with zero attached hydrogens (tertiary/aromatic N) is 1. The van der Waals surface area contributed by atoms with Gasteiger partial charge in [0.05, 0.1) is 6.04 Å². The number of nitrogens with one attached hydrogen (secondary N) is 1. The molecule has 0 aromatic heterocycles. The Kier molecular flexibility index (Phi) is 2.71. The summed E-state index contributed by atoms with van der Waals surface area (Å²) < 4.78 is 0. The predicted molar refractivity (Wildman–Crippen MR) is 59.5 cm³/mol. The third-order valence-corrected chi connectivity index (χ3v) is 3.62. The van der Waals surface area contributed by atoms with E-state index in [4.69, 9.17) is 5.73 Å². The minimum atomic E-state index is -0.470. The molecule has 2 atom stereocenters. The van der Waals surface area contributed by atoms with Gasteiger partial charge in [0.2, 0.25) is 11.8 Å². The summed E-state index contributed by atoms with van der Waals surface area (Å²) >= 11 is 0. The lowest BCUT2D eigenvalue weighted by Gasteiger charge is -2.45. The molecule has 0 aromatic rings. The molecule has 2 unspecified atom stereocenters. The standard InChI is InChI=1S/C11H17N3O2/c1-2-3-6-14-8(9(12)15)4-5-11(14)7-13-10(11)16/h2,8H,1,3-7H2,(H2,12,15)(H,13,16). The van der Waals surface area contributed by atoms with Crippen LogP contribution in [0, 0.1) is 0 Å². The first kappa shape index (κ1) is 11.1. The Balaban J connectivity index is 2.17. The average Bonchev–Trinajstić information content (AvgIpc) is 2.65. The topological polar surface area (TPSA) is 75.4 Å². The quantitative estimate of drug-likeness (QED) is 0.492. The van der Waals surface area contributed by atoms with Gasteiger partial charge in [0, 0.05) is 13.1 Å². The lowest BCUT2D eigenvalue weighted by atomic mass is 9.88. The summed E-state index contributed by atoms with van der Waals surface area (Å²) in [4.78, 5) is 25.0. The van der Waals surface area contributed by atoms with Gasteiger partial charge in [-0.15, -0.1) is 6.58 Å². The molecule has 0 radical (unpaired) electrons. The summed E-state index contributed by atoms with van der Waals surface area (Å²) in [6.45, 7) is 4.96. The van der Waals surface area contributed by atoms with E-state index in [0.29, 0.717) is 19.5 Å². The molecule has 2 aliphatic rings. The average molecular weight is 223 g/mol. The Hall–Kier alpha value is -1.36. The Morgan fingerprint density at radius 1 is 1.75 bits per heavy atom. The lowest BCUT2D eigenvalue weighted by Crippen LogP contribution is -2.72. The highest BCUT2D eigenvalue weighted by Crippen LogP contribution is 2.37. The first-order valence-corrected chi connectivity index (χ1v) is 5.57. The predicted octanol–water partition coefficient (Wildman–Crippen LogP) is -0.619. The molecule has 0 bridgehead atoms. The highest BCUT2D eigenvalue weighted by molar-refractivity contribution is 5.94. The second-order valence-electron chi connectivity index (χ2n) is 4.44. The number of β-lactam (4-membered cyclic amide) rings is 1. The van der Waals surface area contributed by atoms with Crippen molar-refractivity contribution < 1.29 is 9.59 Å². The van der Waals surface area contributed by atoms with Crippen molar-refractivity contribution in [2.75, 3.05) is 13.1 Å². The van der Waals surface area contributed by atoms with Crippen molar-refractivity contribution in [2.45, 2.75) is 30.8 Å². The van der Waals surface area contributed by atoms with Gasteiger partial charge in [0.1, 0.15) is 5.54 Å². The van der Waals surface area contributed by atoms with Crippen molar-refractivity contribution in [2.24, 2.45) is 5.73 Å². The van der Waals surface area contributed by atoms with Crippen molar-refractivity contribution >= 4 is 11.8 Å². The van der Waals surface area contributed by atoms with E-state index in [1.165, 1.54) is 0 Å². The number of primary amides is 1. The number of amides is 2. The van der Waals surface area contributed by atoms with Crippen molar-refractivity contribution in [1.29, 1.82) is 0 Å². The smallest absolute Gasteiger partial charge is 0.242 e. The zero-order valence-electron chi connectivity index (χ0n) is 9.24. The molecule has 2 amide bonds. The van der Waals surface area contributed by atoms with Crippen LogP contribution in [0.15, 0.2) is 12.7 Å². The maximum Gasteiger partial charge on any atom is 0.242 e.